The van der Waals surface area contributed by atoms with E-state index in [1.165, 1.54) is 6.92 Å². The minimum absolute atomic E-state index is 0.0523. The van der Waals surface area contributed by atoms with E-state index in [2.05, 4.69) is 28.1 Å². The summed E-state index contributed by atoms with van der Waals surface area (Å²) < 4.78 is 25.2. The molecule has 0 heterocycles. The quantitative estimate of drug-likeness (QED) is 0.0305. The predicted octanol–water partition coefficient (Wildman–Crippen LogP) is 3.26. The molecular formula is C35H63FN6O12. The highest BCUT2D eigenvalue weighted by Gasteiger charge is 2.16. The smallest absolute Gasteiger partial charge is 0.407 e. The van der Waals surface area contributed by atoms with Gasteiger partial charge in [-0.15, -0.1) is 0 Å². The zero-order valence-corrected chi connectivity index (χ0v) is 31.5. The second-order valence-corrected chi connectivity index (χ2v) is 12.5. The molecule has 0 spiro atoms. The van der Waals surface area contributed by atoms with Crippen molar-refractivity contribution in [2.45, 2.75) is 129 Å². The minimum Gasteiger partial charge on any atom is -0.446 e. The molecule has 1 aliphatic carbocycles. The SMILES string of the molecule is CC(=O)N(O)CCCCCNC(=O)CCC(=O)N(O)CCCCCNC(=O)CCC(=O)N(O)CCCCCNC(=O)OC1CC/C=C/CCC1.OF.[2H]C([3H])=O. The van der Waals surface area contributed by atoms with Crippen molar-refractivity contribution in [3.63, 3.8) is 0 Å². The highest BCUT2D eigenvalue weighted by Crippen LogP contribution is 2.15. The largest absolute Gasteiger partial charge is 0.446 e. The molecular weight excluding hydrogens is 715 g/mol. The Kier molecular flexibility index (Phi) is 31.7. The Bertz CT molecular complexity index is 1170. The number of rotatable bonds is 25. The van der Waals surface area contributed by atoms with Crippen molar-refractivity contribution in [2.75, 3.05) is 39.3 Å². The molecule has 0 bridgehead atoms. The Labute approximate surface area is 320 Å². The van der Waals surface area contributed by atoms with Gasteiger partial charge in [-0.3, -0.25) is 39.6 Å². The fraction of sp³-hybridized carbons (Fsp3) is 0.743. The van der Waals surface area contributed by atoms with Crippen LogP contribution in [-0.4, -0.2) is 124 Å². The van der Waals surface area contributed by atoms with E-state index in [-0.39, 0.29) is 63.2 Å². The maximum atomic E-state index is 12.1. The van der Waals surface area contributed by atoms with Gasteiger partial charge >= 0.3 is 6.09 Å². The van der Waals surface area contributed by atoms with E-state index >= 15 is 0 Å². The van der Waals surface area contributed by atoms with Crippen LogP contribution in [0.3, 0.4) is 0 Å². The van der Waals surface area contributed by atoms with Crippen LogP contribution in [0.5, 0.6) is 0 Å². The maximum absolute atomic E-state index is 12.1. The summed E-state index contributed by atoms with van der Waals surface area (Å²) in [5, 5.41) is 44.7. The van der Waals surface area contributed by atoms with Gasteiger partial charge in [0, 0.05) is 71.9 Å². The molecule has 1 atom stereocenters. The van der Waals surface area contributed by atoms with Crippen molar-refractivity contribution >= 4 is 42.4 Å². The normalized spacial score (nSPS) is 14.3. The van der Waals surface area contributed by atoms with Gasteiger partial charge in [0.25, 0.3) is 0 Å². The molecule has 0 aromatic heterocycles. The van der Waals surface area contributed by atoms with Crippen molar-refractivity contribution in [3.8, 4) is 0 Å². The average molecular weight is 782 g/mol. The number of amides is 6. The number of carbonyl (C=O) groups is 7. The van der Waals surface area contributed by atoms with E-state index in [9.17, 15) is 44.4 Å². The topological polar surface area (TPSA) is 255 Å². The number of hydroxylamine groups is 6. The molecule has 54 heavy (non-hydrogen) atoms. The number of alkyl carbamates (subject to hydrolysis) is 1. The fourth-order valence-electron chi connectivity index (χ4n) is 5.06. The number of allylic oxidation sites excluding steroid dienone is 2. The standard InChI is InChI=1S/C34H60N6O10.CH2O.FHO/c1-28(41)38(47)25-13-5-10-22-35-30(42)18-20-32(44)39(48)26-14-6-11-23-36-31(43)19-21-33(45)40(49)27-15-7-12-24-37-34(46)50-29-16-8-3-2-4-9-17-29;2*1-2/h2-3,29,47-49H,4-27H2,1H3,(H,35,42)(H,36,43)(H,37,46);1H2;2H/b3-2+;;/i;1TD;. The number of ether oxygens (including phenoxy) is 1. The predicted molar refractivity (Wildman–Crippen MR) is 193 cm³/mol. The molecule has 1 unspecified atom stereocenters. The first-order chi connectivity index (χ1) is 26.7. The van der Waals surface area contributed by atoms with Crippen molar-refractivity contribution in [2.24, 2.45) is 0 Å². The van der Waals surface area contributed by atoms with Crippen LogP contribution in [0.4, 0.5) is 9.32 Å². The molecule has 6 amide bonds. The fourth-order valence-corrected chi connectivity index (χ4v) is 5.06. The molecule has 0 saturated heterocycles. The molecule has 0 fully saturated rings. The van der Waals surface area contributed by atoms with Crippen LogP contribution in [0.15, 0.2) is 12.2 Å². The Morgan fingerprint density at radius 1 is 0.722 bits per heavy atom. The second kappa shape index (κ2) is 35.8. The third-order valence-electron chi connectivity index (χ3n) is 8.12. The summed E-state index contributed by atoms with van der Waals surface area (Å²) in [6.07, 6.45) is 13.7. The van der Waals surface area contributed by atoms with Crippen LogP contribution in [0.25, 0.3) is 0 Å². The van der Waals surface area contributed by atoms with Crippen LogP contribution >= 0.6 is 0 Å². The van der Waals surface area contributed by atoms with Crippen LogP contribution in [0.1, 0.15) is 125 Å². The monoisotopic (exact) mass is 781 g/mol. The molecule has 0 aromatic carbocycles. The minimum atomic E-state index is -1.33. The molecule has 1 aliphatic rings. The van der Waals surface area contributed by atoms with Crippen molar-refractivity contribution < 1.29 is 66.5 Å². The van der Waals surface area contributed by atoms with E-state index in [0.717, 1.165) is 32.1 Å². The third kappa shape index (κ3) is 30.3. The van der Waals surface area contributed by atoms with Crippen LogP contribution in [0, 0.1) is 0 Å². The summed E-state index contributed by atoms with van der Waals surface area (Å²) in [5.41, 5.74) is 0. The number of hydrogen-bond acceptors (Lipinski definition) is 12. The molecule has 19 heteroatoms. The lowest BCUT2D eigenvalue weighted by Crippen LogP contribution is -2.31. The summed E-state index contributed by atoms with van der Waals surface area (Å²) in [5.74, 6) is -2.15. The number of nitrogens with zero attached hydrogens (tertiary/aromatic N) is 3. The number of unbranched alkanes of at least 4 members (excludes halogenated alkanes) is 6. The van der Waals surface area contributed by atoms with E-state index in [4.69, 9.17) is 22.1 Å². The van der Waals surface area contributed by atoms with Crippen LogP contribution in [-0.2, 0) is 33.5 Å². The number of carbonyl (C=O) groups excluding carboxylic acids is 7. The van der Waals surface area contributed by atoms with Gasteiger partial charge in [0.1, 0.15) is 15.6 Å². The van der Waals surface area contributed by atoms with E-state index < -0.39 is 30.6 Å². The van der Waals surface area contributed by atoms with E-state index in [1.807, 2.05) is 0 Å². The number of halogens is 1. The first-order valence-corrected chi connectivity index (χ1v) is 18.4. The summed E-state index contributed by atoms with van der Waals surface area (Å²) in [4.78, 5) is 79.9. The van der Waals surface area contributed by atoms with Gasteiger partial charge in [-0.1, -0.05) is 16.7 Å². The summed E-state index contributed by atoms with van der Waals surface area (Å²) >= 11 is 0. The van der Waals surface area contributed by atoms with Crippen molar-refractivity contribution in [1.29, 1.82) is 0 Å². The third-order valence-corrected chi connectivity index (χ3v) is 8.12. The molecule has 1 rings (SSSR count). The Morgan fingerprint density at radius 3 is 1.61 bits per heavy atom. The van der Waals surface area contributed by atoms with Gasteiger partial charge in [-0.05, 0) is 89.9 Å². The number of hydrogen-bond donors (Lipinski definition) is 7. The first-order valence-electron chi connectivity index (χ1n) is 19.4. The second-order valence-electron chi connectivity index (χ2n) is 12.5. The summed E-state index contributed by atoms with van der Waals surface area (Å²) in [6.45, 7) is 1.62. The van der Waals surface area contributed by atoms with Crippen LogP contribution in [0.2, 0.25) is 0 Å². The van der Waals surface area contributed by atoms with Gasteiger partial charge in [0.2, 0.25) is 29.5 Å². The highest BCUT2D eigenvalue weighted by atomic mass is 19.3. The zero-order valence-electron chi connectivity index (χ0n) is 33.5. The summed E-state index contributed by atoms with van der Waals surface area (Å²) in [7, 11) is 0. The summed E-state index contributed by atoms with van der Waals surface area (Å²) in [6, 6.07) is 0. The van der Waals surface area contributed by atoms with E-state index in [0.29, 0.717) is 92.6 Å². The van der Waals surface area contributed by atoms with Crippen molar-refractivity contribution in [3.05, 3.63) is 12.2 Å². The van der Waals surface area contributed by atoms with Crippen LogP contribution < -0.4 is 16.0 Å². The average Bonchev–Trinajstić information content (AvgIpc) is 3.14. The Balaban J connectivity index is 0. The highest BCUT2D eigenvalue weighted by molar-refractivity contribution is 5.83. The molecule has 312 valence electrons. The Morgan fingerprint density at radius 2 is 1.15 bits per heavy atom. The van der Waals surface area contributed by atoms with Gasteiger partial charge < -0.3 is 25.5 Å². The maximum Gasteiger partial charge on any atom is 0.407 e. The van der Waals surface area contributed by atoms with Gasteiger partial charge in [-0.2, -0.15) is 0 Å². The van der Waals surface area contributed by atoms with Gasteiger partial charge in [-0.25, -0.2) is 25.3 Å². The van der Waals surface area contributed by atoms with Gasteiger partial charge in [0.05, 0.1) is 0 Å². The first kappa shape index (κ1) is 47.8. The molecule has 0 aliphatic heterocycles. The molecule has 0 saturated carbocycles. The molecule has 7 N–H and O–H groups in total. The lowest BCUT2D eigenvalue weighted by Gasteiger charge is -2.18. The molecule has 0 aromatic rings. The zero-order chi connectivity index (χ0) is 42.6. The van der Waals surface area contributed by atoms with Crippen molar-refractivity contribution in [1.82, 2.24) is 31.1 Å². The molecule has 18 nitrogen and oxygen atoms in total. The lowest BCUT2D eigenvalue weighted by molar-refractivity contribution is -0.166. The molecule has 0 radical (unpaired) electrons. The van der Waals surface area contributed by atoms with Gasteiger partial charge in [0.15, 0.2) is 0 Å². The van der Waals surface area contributed by atoms with E-state index in [1.54, 1.807) is 0 Å². The Hall–Kier alpha value is -4.20. The number of nitrogens with one attached hydrogen (secondary N) is 3. The lowest BCUT2D eigenvalue weighted by atomic mass is 10.0.